The molecule has 0 aliphatic heterocycles. The Hall–Kier alpha value is -6.67. The van der Waals surface area contributed by atoms with E-state index in [1.807, 2.05) is 28.7 Å². The average molecular weight is 781 g/mol. The number of fused-ring (bicyclic) bond motifs is 13. The molecule has 5 heterocycles. The molecule has 11 aromatic rings. The van der Waals surface area contributed by atoms with Crippen molar-refractivity contribution in [1.82, 2.24) is 19.5 Å². The van der Waals surface area contributed by atoms with E-state index in [1.54, 1.807) is 0 Å². The molecule has 5 nitrogen and oxygen atoms in total. The van der Waals surface area contributed by atoms with Crippen LogP contribution < -0.4 is 0 Å². The highest BCUT2D eigenvalue weighted by Crippen LogP contribution is 2.50. The minimum atomic E-state index is -0.0270. The zero-order valence-electron chi connectivity index (χ0n) is 31.1. The van der Waals surface area contributed by atoms with Gasteiger partial charge in [0.05, 0.1) is 16.9 Å². The lowest BCUT2D eigenvalue weighted by atomic mass is 9.89. The summed E-state index contributed by atoms with van der Waals surface area (Å²) in [6.45, 7) is 0. The first-order chi connectivity index (χ1) is 28.7. The van der Waals surface area contributed by atoms with Gasteiger partial charge >= 0.3 is 0 Å². The molecule has 2 aliphatic carbocycles. The molecule has 0 radical (unpaired) electrons. The largest absolute Gasteiger partial charge is 0.455 e. The minimum Gasteiger partial charge on any atom is -0.455 e. The third-order valence-electron chi connectivity index (χ3n) is 12.1. The first kappa shape index (κ1) is 32.4. The smallest absolute Gasteiger partial charge is 0.164 e. The Morgan fingerprint density at radius 3 is 2.22 bits per heavy atom. The molecule has 13 rings (SSSR count). The van der Waals surface area contributed by atoms with E-state index in [0.29, 0.717) is 6.42 Å². The standard InChI is InChI=1S/C51H32N4OS2/c1-2-13-29(14-3-1)49-52-50(54-51(53-49)36-19-12-24-43-45(36)34-17-6-10-22-41(34)57-43)30-27-39(46-35-18-7-11-23-42(35)58-44(46)28-30)55-37-20-8-4-16-33(37)47-38(55)26-25-32-31-15-5-9-21-40(31)56-48(32)47/h1-13,15-26,28-29,39H,14,27H2. The van der Waals surface area contributed by atoms with Gasteiger partial charge in [0.2, 0.25) is 0 Å². The second-order valence-electron chi connectivity index (χ2n) is 15.4. The lowest BCUT2D eigenvalue weighted by Gasteiger charge is -2.27. The van der Waals surface area contributed by atoms with Crippen LogP contribution in [0, 0.1) is 0 Å². The second kappa shape index (κ2) is 12.4. The van der Waals surface area contributed by atoms with Crippen LogP contribution in [-0.4, -0.2) is 19.5 Å². The summed E-state index contributed by atoms with van der Waals surface area (Å²) in [5.41, 5.74) is 7.70. The van der Waals surface area contributed by atoms with E-state index in [2.05, 4.69) is 156 Å². The van der Waals surface area contributed by atoms with E-state index in [0.717, 1.165) is 67.9 Å². The monoisotopic (exact) mass is 780 g/mol. The van der Waals surface area contributed by atoms with Crippen LogP contribution in [0.3, 0.4) is 0 Å². The molecule has 0 saturated carbocycles. The molecule has 0 fully saturated rings. The SMILES string of the molecule is C1=CCC(c2nc(C3=Cc4sc5ccccc5c4C(n4c5ccccc5c5c6oc7ccccc7c6ccc54)C3)nc(-c3cccc4sc5ccccc5c34)n2)C=C1. The zero-order valence-corrected chi connectivity index (χ0v) is 32.7. The van der Waals surface area contributed by atoms with Crippen LogP contribution in [0.1, 0.15) is 46.9 Å². The summed E-state index contributed by atoms with van der Waals surface area (Å²) < 4.78 is 13.1. The first-order valence-corrected chi connectivity index (χ1v) is 21.4. The molecule has 0 saturated heterocycles. The Kier molecular flexibility index (Phi) is 6.94. The Morgan fingerprint density at radius 2 is 1.34 bits per heavy atom. The normalized spacial score (nSPS) is 16.8. The van der Waals surface area contributed by atoms with Crippen LogP contribution >= 0.6 is 22.7 Å². The summed E-state index contributed by atoms with van der Waals surface area (Å²) >= 11 is 3.67. The lowest BCUT2D eigenvalue weighted by molar-refractivity contribution is 0.636. The maximum absolute atomic E-state index is 6.71. The van der Waals surface area contributed by atoms with E-state index in [-0.39, 0.29) is 12.0 Å². The van der Waals surface area contributed by atoms with Crippen LogP contribution in [0.2, 0.25) is 0 Å². The third-order valence-corrected chi connectivity index (χ3v) is 14.4. The summed E-state index contributed by atoms with van der Waals surface area (Å²) in [5, 5.41) is 8.36. The Morgan fingerprint density at radius 1 is 0.586 bits per heavy atom. The highest BCUT2D eigenvalue weighted by Gasteiger charge is 2.32. The molecular weight excluding hydrogens is 749 g/mol. The molecule has 0 N–H and O–H groups in total. The number of nitrogens with zero attached hydrogens (tertiary/aromatic N) is 4. The molecule has 0 spiro atoms. The zero-order chi connectivity index (χ0) is 37.9. The van der Waals surface area contributed by atoms with Crippen LogP contribution in [-0.2, 0) is 0 Å². The topological polar surface area (TPSA) is 56.7 Å². The summed E-state index contributed by atoms with van der Waals surface area (Å²) in [5.74, 6) is 2.34. The van der Waals surface area contributed by atoms with Crippen molar-refractivity contribution in [2.24, 2.45) is 0 Å². The predicted octanol–water partition coefficient (Wildman–Crippen LogP) is 14.3. The molecule has 2 atom stereocenters. The number of hydrogen-bond donors (Lipinski definition) is 0. The van der Waals surface area contributed by atoms with Crippen molar-refractivity contribution in [3.8, 4) is 11.4 Å². The Bertz CT molecular complexity index is 3610. The maximum atomic E-state index is 6.71. The van der Waals surface area contributed by atoms with Gasteiger partial charge in [-0.05, 0) is 60.3 Å². The van der Waals surface area contributed by atoms with Gasteiger partial charge in [0.25, 0.3) is 0 Å². The van der Waals surface area contributed by atoms with Crippen molar-refractivity contribution in [3.05, 3.63) is 174 Å². The van der Waals surface area contributed by atoms with Crippen LogP contribution in [0.25, 0.3) is 97.0 Å². The van der Waals surface area contributed by atoms with Gasteiger partial charge < -0.3 is 8.98 Å². The molecule has 6 aromatic carbocycles. The molecule has 5 aromatic heterocycles. The van der Waals surface area contributed by atoms with Crippen molar-refractivity contribution in [2.75, 3.05) is 0 Å². The fourth-order valence-corrected chi connectivity index (χ4v) is 12.0. The highest BCUT2D eigenvalue weighted by molar-refractivity contribution is 7.26. The molecule has 2 unspecified atom stereocenters. The number of aromatic nitrogens is 4. The van der Waals surface area contributed by atoms with Crippen molar-refractivity contribution < 1.29 is 4.42 Å². The summed E-state index contributed by atoms with van der Waals surface area (Å²) in [6, 6.07) is 45.8. The highest BCUT2D eigenvalue weighted by atomic mass is 32.1. The van der Waals surface area contributed by atoms with Crippen LogP contribution in [0.15, 0.2) is 156 Å². The van der Waals surface area contributed by atoms with E-state index >= 15 is 0 Å². The minimum absolute atomic E-state index is 0.0270. The Balaban J connectivity index is 1.06. The lowest BCUT2D eigenvalue weighted by Crippen LogP contribution is -2.16. The molecule has 2 aliphatic rings. The quantitative estimate of drug-likeness (QED) is 0.178. The molecule has 274 valence electrons. The van der Waals surface area contributed by atoms with Crippen molar-refractivity contribution >= 4 is 108 Å². The number of rotatable bonds is 4. The third kappa shape index (κ3) is 4.71. The van der Waals surface area contributed by atoms with E-state index in [4.69, 9.17) is 19.4 Å². The van der Waals surface area contributed by atoms with Crippen molar-refractivity contribution in [3.63, 3.8) is 0 Å². The van der Waals surface area contributed by atoms with Gasteiger partial charge in [-0.2, -0.15) is 0 Å². The number of benzene rings is 6. The van der Waals surface area contributed by atoms with Gasteiger partial charge in [0.15, 0.2) is 11.6 Å². The van der Waals surface area contributed by atoms with Crippen molar-refractivity contribution in [1.29, 1.82) is 0 Å². The predicted molar refractivity (Wildman–Crippen MR) is 243 cm³/mol. The second-order valence-corrected chi connectivity index (χ2v) is 17.5. The maximum Gasteiger partial charge on any atom is 0.164 e. The molecule has 58 heavy (non-hydrogen) atoms. The van der Waals surface area contributed by atoms with Gasteiger partial charge in [-0.15, -0.1) is 22.7 Å². The van der Waals surface area contributed by atoms with Gasteiger partial charge in [-0.25, -0.2) is 15.0 Å². The number of para-hydroxylation sites is 2. The summed E-state index contributed by atoms with van der Waals surface area (Å²) in [6.07, 6.45) is 12.6. The number of hydrogen-bond acceptors (Lipinski definition) is 6. The number of furan rings is 1. The first-order valence-electron chi connectivity index (χ1n) is 19.8. The fourth-order valence-electron chi connectivity index (χ4n) is 9.59. The number of allylic oxidation sites excluding steroid dienone is 5. The van der Waals surface area contributed by atoms with E-state index in [1.165, 1.54) is 51.6 Å². The van der Waals surface area contributed by atoms with Gasteiger partial charge in [0, 0.05) is 80.5 Å². The van der Waals surface area contributed by atoms with Gasteiger partial charge in [0.1, 0.15) is 17.0 Å². The van der Waals surface area contributed by atoms with Crippen molar-refractivity contribution in [2.45, 2.75) is 24.8 Å². The average Bonchev–Trinajstić information content (AvgIpc) is 4.05. The summed E-state index contributed by atoms with van der Waals surface area (Å²) in [4.78, 5) is 17.4. The van der Waals surface area contributed by atoms with Gasteiger partial charge in [-0.1, -0.05) is 109 Å². The van der Waals surface area contributed by atoms with Crippen LogP contribution in [0.4, 0.5) is 0 Å². The Labute approximate surface area is 340 Å². The van der Waals surface area contributed by atoms with E-state index < -0.39 is 0 Å². The number of thiophene rings is 2. The fraction of sp³-hybridized carbons (Fsp3) is 0.0784. The molecule has 7 heteroatoms. The van der Waals surface area contributed by atoms with Gasteiger partial charge in [-0.3, -0.25) is 0 Å². The molecule has 0 amide bonds. The molecular formula is C51H32N4OS2. The summed E-state index contributed by atoms with van der Waals surface area (Å²) in [7, 11) is 0. The van der Waals surface area contributed by atoms with Crippen LogP contribution in [0.5, 0.6) is 0 Å². The molecule has 0 bridgehead atoms. The van der Waals surface area contributed by atoms with E-state index in [9.17, 15) is 0 Å².